The minimum Gasteiger partial charge on any atom is -0.381 e. The van der Waals surface area contributed by atoms with Gasteiger partial charge in [0.15, 0.2) is 0 Å². The molecule has 0 bridgehead atoms. The van der Waals surface area contributed by atoms with Gasteiger partial charge < -0.3 is 9.64 Å². The van der Waals surface area contributed by atoms with E-state index in [4.69, 9.17) is 9.73 Å². The number of aliphatic imine (C=N–C) groups is 1. The normalized spacial score (nSPS) is 19.7. The van der Waals surface area contributed by atoms with E-state index in [2.05, 4.69) is 28.1 Å². The molecule has 3 aliphatic heterocycles. The van der Waals surface area contributed by atoms with Crippen molar-refractivity contribution in [1.82, 2.24) is 9.88 Å². The summed E-state index contributed by atoms with van der Waals surface area (Å²) < 4.78 is 5.47. The van der Waals surface area contributed by atoms with Crippen LogP contribution in [-0.4, -0.2) is 40.8 Å². The van der Waals surface area contributed by atoms with E-state index in [9.17, 15) is 4.79 Å². The van der Waals surface area contributed by atoms with Gasteiger partial charge in [0.1, 0.15) is 0 Å². The summed E-state index contributed by atoms with van der Waals surface area (Å²) in [6.45, 7) is 4.91. The van der Waals surface area contributed by atoms with Crippen molar-refractivity contribution < 1.29 is 9.53 Å². The third kappa shape index (κ3) is 2.96. The van der Waals surface area contributed by atoms with Gasteiger partial charge in [-0.1, -0.05) is 6.07 Å². The van der Waals surface area contributed by atoms with Crippen molar-refractivity contribution in [1.29, 1.82) is 0 Å². The lowest BCUT2D eigenvalue weighted by Crippen LogP contribution is -2.46. The summed E-state index contributed by atoms with van der Waals surface area (Å²) in [5.74, 6) is 0.248. The molecule has 0 N–H and O–H groups in total. The van der Waals surface area contributed by atoms with Crippen molar-refractivity contribution in [3.63, 3.8) is 0 Å². The van der Waals surface area contributed by atoms with Gasteiger partial charge in [-0.15, -0.1) is 0 Å². The molecule has 138 valence electrons. The fourth-order valence-corrected chi connectivity index (χ4v) is 4.46. The van der Waals surface area contributed by atoms with Gasteiger partial charge in [-0.25, -0.2) is 0 Å². The maximum Gasteiger partial charge on any atom is 0.227 e. The Morgan fingerprint density at radius 2 is 1.96 bits per heavy atom. The van der Waals surface area contributed by atoms with Gasteiger partial charge in [0.25, 0.3) is 0 Å². The molecule has 0 saturated carbocycles. The van der Waals surface area contributed by atoms with Crippen LogP contribution in [0.2, 0.25) is 0 Å². The lowest BCUT2D eigenvalue weighted by Gasteiger charge is -2.37. The molecule has 0 spiro atoms. The number of amides is 1. The fourth-order valence-electron chi connectivity index (χ4n) is 4.46. The molecule has 5 nitrogen and oxygen atoms in total. The molecule has 27 heavy (non-hydrogen) atoms. The van der Waals surface area contributed by atoms with Crippen molar-refractivity contribution in [3.05, 3.63) is 64.0 Å². The van der Waals surface area contributed by atoms with Crippen LogP contribution in [0.1, 0.15) is 46.4 Å². The van der Waals surface area contributed by atoms with Crippen LogP contribution < -0.4 is 0 Å². The number of ether oxygens (including phenoxy) is 1. The Bertz CT molecular complexity index is 945. The smallest absolute Gasteiger partial charge is 0.227 e. The summed E-state index contributed by atoms with van der Waals surface area (Å²) in [6.07, 6.45) is 4.23. The average molecular weight is 361 g/mol. The molecule has 1 saturated heterocycles. The van der Waals surface area contributed by atoms with Crippen LogP contribution in [0, 0.1) is 6.92 Å². The highest BCUT2D eigenvalue weighted by molar-refractivity contribution is 6.15. The number of aromatic nitrogens is 1. The first-order chi connectivity index (χ1) is 13.2. The number of fused-ring (bicyclic) bond motifs is 2. The third-order valence-corrected chi connectivity index (χ3v) is 5.89. The maximum atomic E-state index is 12.7. The summed E-state index contributed by atoms with van der Waals surface area (Å²) in [6, 6.07) is 8.90. The molecule has 1 aromatic heterocycles. The Kier molecular flexibility index (Phi) is 4.05. The second-order valence-corrected chi connectivity index (χ2v) is 7.67. The lowest BCUT2D eigenvalue weighted by atomic mass is 9.90. The summed E-state index contributed by atoms with van der Waals surface area (Å²) >= 11 is 0. The monoisotopic (exact) mass is 361 g/mol. The van der Waals surface area contributed by atoms with Crippen LogP contribution >= 0.6 is 0 Å². The fraction of sp³-hybridized carbons (Fsp3) is 0.409. The average Bonchev–Trinajstić information content (AvgIpc) is 3.09. The van der Waals surface area contributed by atoms with Crippen molar-refractivity contribution in [2.45, 2.75) is 45.3 Å². The van der Waals surface area contributed by atoms with Crippen LogP contribution in [-0.2, 0) is 29.0 Å². The summed E-state index contributed by atoms with van der Waals surface area (Å²) in [5, 5.41) is 0. The summed E-state index contributed by atoms with van der Waals surface area (Å²) in [7, 11) is 0. The number of rotatable bonds is 2. The zero-order chi connectivity index (χ0) is 18.4. The molecule has 1 fully saturated rings. The molecular formula is C22H23N3O2. The van der Waals surface area contributed by atoms with E-state index in [-0.39, 0.29) is 5.91 Å². The molecule has 0 radical (unpaired) electrons. The van der Waals surface area contributed by atoms with Crippen molar-refractivity contribution in [2.75, 3.05) is 13.2 Å². The first-order valence-electron chi connectivity index (χ1n) is 9.69. The van der Waals surface area contributed by atoms with Crippen LogP contribution in [0.3, 0.4) is 0 Å². The largest absolute Gasteiger partial charge is 0.381 e. The van der Waals surface area contributed by atoms with Crippen molar-refractivity contribution in [2.24, 2.45) is 4.99 Å². The standard InChI is InChI=1S/C22H23N3O2/c1-14-8-15(2-5-23-14)22-20-10-18-13-25(19-3-6-27-7-4-19)21(26)11-16(18)9-17(20)12-24-22/h2,5,8-10,19H,3-4,6-7,11-13H2,1H3. The first kappa shape index (κ1) is 16.6. The number of benzene rings is 1. The quantitative estimate of drug-likeness (QED) is 0.826. The molecular weight excluding hydrogens is 338 g/mol. The molecule has 1 aromatic carbocycles. The number of aryl methyl sites for hydroxylation is 1. The van der Waals surface area contributed by atoms with Gasteiger partial charge in [-0.05, 0) is 54.7 Å². The van der Waals surface area contributed by atoms with Crippen LogP contribution in [0.5, 0.6) is 0 Å². The van der Waals surface area contributed by atoms with Crippen LogP contribution in [0.4, 0.5) is 0 Å². The highest BCUT2D eigenvalue weighted by Crippen LogP contribution is 2.31. The topological polar surface area (TPSA) is 54.8 Å². The molecule has 3 aliphatic rings. The summed E-state index contributed by atoms with van der Waals surface area (Å²) in [5.41, 5.74) is 8.04. The van der Waals surface area contributed by atoms with Gasteiger partial charge in [-0.3, -0.25) is 14.8 Å². The van der Waals surface area contributed by atoms with Crippen LogP contribution in [0.25, 0.3) is 0 Å². The van der Waals surface area contributed by atoms with E-state index in [0.29, 0.717) is 25.6 Å². The molecule has 0 atom stereocenters. The molecule has 5 heteroatoms. The number of pyridine rings is 1. The van der Waals surface area contributed by atoms with Crippen LogP contribution in [0.15, 0.2) is 35.5 Å². The zero-order valence-electron chi connectivity index (χ0n) is 15.6. The van der Waals surface area contributed by atoms with E-state index >= 15 is 0 Å². The Labute approximate surface area is 159 Å². The van der Waals surface area contributed by atoms with E-state index < -0.39 is 0 Å². The molecule has 4 heterocycles. The van der Waals surface area contributed by atoms with Gasteiger partial charge in [-0.2, -0.15) is 0 Å². The first-order valence-corrected chi connectivity index (χ1v) is 9.69. The number of hydrogen-bond donors (Lipinski definition) is 0. The highest BCUT2D eigenvalue weighted by Gasteiger charge is 2.31. The second-order valence-electron chi connectivity index (χ2n) is 7.67. The number of carbonyl (C=O) groups is 1. The number of carbonyl (C=O) groups excluding carboxylic acids is 1. The van der Waals surface area contributed by atoms with Gasteiger partial charge in [0.05, 0.1) is 18.7 Å². The second kappa shape index (κ2) is 6.57. The maximum absolute atomic E-state index is 12.7. The van der Waals surface area contributed by atoms with E-state index in [1.807, 2.05) is 19.2 Å². The van der Waals surface area contributed by atoms with Gasteiger partial charge >= 0.3 is 0 Å². The van der Waals surface area contributed by atoms with E-state index in [1.54, 1.807) is 0 Å². The predicted octanol–water partition coefficient (Wildman–Crippen LogP) is 2.80. The van der Waals surface area contributed by atoms with Gasteiger partial charge in [0.2, 0.25) is 5.91 Å². The molecule has 0 aliphatic carbocycles. The number of hydrogen-bond acceptors (Lipinski definition) is 4. The lowest BCUT2D eigenvalue weighted by molar-refractivity contribution is -0.136. The summed E-state index contributed by atoms with van der Waals surface area (Å²) in [4.78, 5) is 23.9. The Morgan fingerprint density at radius 3 is 2.78 bits per heavy atom. The SMILES string of the molecule is Cc1cc(C2=NCc3cc4c(cc32)CN(C2CCOCC2)C(=O)C4)ccn1. The molecule has 5 rings (SSSR count). The van der Waals surface area contributed by atoms with E-state index in [0.717, 1.165) is 43.0 Å². The van der Waals surface area contributed by atoms with Crippen molar-refractivity contribution in [3.8, 4) is 0 Å². The zero-order valence-corrected chi connectivity index (χ0v) is 15.6. The molecule has 2 aromatic rings. The highest BCUT2D eigenvalue weighted by atomic mass is 16.5. The third-order valence-electron chi connectivity index (χ3n) is 5.89. The van der Waals surface area contributed by atoms with E-state index in [1.165, 1.54) is 22.3 Å². The Balaban J connectivity index is 1.48. The molecule has 1 amide bonds. The molecule has 0 unspecified atom stereocenters. The Morgan fingerprint density at radius 1 is 1.11 bits per heavy atom. The Hall–Kier alpha value is -2.53. The minimum atomic E-state index is 0.248. The number of nitrogens with zero attached hydrogens (tertiary/aromatic N) is 3. The van der Waals surface area contributed by atoms with Gasteiger partial charge in [0, 0.05) is 48.8 Å². The predicted molar refractivity (Wildman–Crippen MR) is 103 cm³/mol. The van der Waals surface area contributed by atoms with Crippen molar-refractivity contribution >= 4 is 11.6 Å². The minimum absolute atomic E-state index is 0.248.